The lowest BCUT2D eigenvalue weighted by Crippen LogP contribution is -1.86. The van der Waals surface area contributed by atoms with Crippen LogP contribution in [0, 0.1) is 0 Å². The Morgan fingerprint density at radius 3 is 2.44 bits per heavy atom. The molecule has 0 aliphatic heterocycles. The van der Waals surface area contributed by atoms with Crippen LogP contribution in [0.3, 0.4) is 0 Å². The normalized spacial score (nSPS) is 12.4. The molecule has 50 valence electrons. The largest absolute Gasteiger partial charge is 0.390 e. The Labute approximate surface area is 63.7 Å². The Hall–Kier alpha value is -0.470. The molecule has 0 saturated heterocycles. The highest BCUT2D eigenvalue weighted by Crippen LogP contribution is 2.08. The molecule has 0 atom stereocenters. The zero-order valence-electron chi connectivity index (χ0n) is 4.64. The van der Waals surface area contributed by atoms with Crippen LogP contribution in [-0.4, -0.2) is 6.34 Å². The van der Waals surface area contributed by atoms with E-state index < -0.39 is 0 Å². The molecular formula is C5H6Cl2N2. The number of nitrogens with zero attached hydrogens (tertiary/aromatic N) is 1. The Balaban J connectivity index is 4.00. The van der Waals surface area contributed by atoms with Gasteiger partial charge in [-0.3, -0.25) is 0 Å². The molecule has 0 saturated carbocycles. The van der Waals surface area contributed by atoms with Gasteiger partial charge in [0.05, 0.1) is 6.34 Å². The van der Waals surface area contributed by atoms with E-state index in [1.54, 1.807) is 0 Å². The molecule has 0 aromatic carbocycles. The van der Waals surface area contributed by atoms with Gasteiger partial charge in [-0.1, -0.05) is 29.8 Å². The van der Waals surface area contributed by atoms with Crippen LogP contribution < -0.4 is 5.73 Å². The van der Waals surface area contributed by atoms with E-state index in [9.17, 15) is 0 Å². The fourth-order valence-electron chi connectivity index (χ4n) is 0.238. The van der Waals surface area contributed by atoms with Crippen LogP contribution in [-0.2, 0) is 0 Å². The maximum atomic E-state index is 5.41. The van der Waals surface area contributed by atoms with Gasteiger partial charge >= 0.3 is 0 Å². The van der Waals surface area contributed by atoms with Crippen molar-refractivity contribution in [3.63, 3.8) is 0 Å². The fraction of sp³-hybridized carbons (Fsp3) is 0. The summed E-state index contributed by atoms with van der Waals surface area (Å²) in [5, 5.41) is 0.545. The van der Waals surface area contributed by atoms with Crippen LogP contribution in [0.4, 0.5) is 0 Å². The van der Waals surface area contributed by atoms with Gasteiger partial charge in [-0.05, 0) is 6.08 Å². The number of halogens is 2. The second-order valence-corrected chi connectivity index (χ2v) is 2.06. The predicted molar refractivity (Wildman–Crippen MR) is 41.6 cm³/mol. The van der Waals surface area contributed by atoms with Crippen LogP contribution in [0.15, 0.2) is 27.8 Å². The maximum absolute atomic E-state index is 5.41. The molecule has 0 radical (unpaired) electrons. The van der Waals surface area contributed by atoms with E-state index >= 15 is 0 Å². The number of allylic oxidation sites excluding steroid dienone is 2. The molecule has 0 unspecified atom stereocenters. The summed E-state index contributed by atoms with van der Waals surface area (Å²) in [4.78, 5) is 3.50. The first-order valence-electron chi connectivity index (χ1n) is 2.12. The van der Waals surface area contributed by atoms with Crippen molar-refractivity contribution in [2.75, 3.05) is 0 Å². The summed E-state index contributed by atoms with van der Waals surface area (Å²) in [7, 11) is 0. The van der Waals surface area contributed by atoms with Gasteiger partial charge in [0.25, 0.3) is 0 Å². The van der Waals surface area contributed by atoms with Crippen molar-refractivity contribution in [1.82, 2.24) is 0 Å². The monoisotopic (exact) mass is 164 g/mol. The summed E-state index contributed by atoms with van der Waals surface area (Å²) < 4.78 is 0. The third kappa shape index (κ3) is 5.40. The van der Waals surface area contributed by atoms with Gasteiger partial charge in [-0.15, -0.1) is 0 Å². The van der Waals surface area contributed by atoms with Crippen molar-refractivity contribution in [2.24, 2.45) is 10.7 Å². The van der Waals surface area contributed by atoms with E-state index in [-0.39, 0.29) is 5.16 Å². The maximum Gasteiger partial charge on any atom is 0.132 e. The number of nitrogens with two attached hydrogens (primary N) is 1. The van der Waals surface area contributed by atoms with Crippen LogP contribution in [0.5, 0.6) is 0 Å². The number of aliphatic imine (C=N–C) groups is 1. The molecule has 0 bridgehead atoms. The quantitative estimate of drug-likeness (QED) is 0.288. The molecule has 0 rings (SSSR count). The van der Waals surface area contributed by atoms with Crippen molar-refractivity contribution >= 4 is 29.5 Å². The van der Waals surface area contributed by atoms with Crippen LogP contribution >= 0.6 is 23.2 Å². The van der Waals surface area contributed by atoms with Gasteiger partial charge < -0.3 is 5.73 Å². The van der Waals surface area contributed by atoms with Gasteiger partial charge in [0, 0.05) is 5.03 Å². The topological polar surface area (TPSA) is 38.4 Å². The first-order chi connectivity index (χ1) is 4.16. The lowest BCUT2D eigenvalue weighted by Gasteiger charge is -1.84. The van der Waals surface area contributed by atoms with E-state index in [0.29, 0.717) is 5.03 Å². The summed E-state index contributed by atoms with van der Waals surface area (Å²) in [5.41, 5.74) is 4.92. The predicted octanol–water partition coefficient (Wildman–Crippen LogP) is 1.81. The molecular weight excluding hydrogens is 159 g/mol. The molecule has 0 fully saturated rings. The average molecular weight is 165 g/mol. The minimum atomic E-state index is 0.220. The minimum absolute atomic E-state index is 0.220. The first-order valence-corrected chi connectivity index (χ1v) is 2.88. The Morgan fingerprint density at radius 2 is 2.11 bits per heavy atom. The van der Waals surface area contributed by atoms with Crippen molar-refractivity contribution in [1.29, 1.82) is 0 Å². The van der Waals surface area contributed by atoms with Gasteiger partial charge in [0.2, 0.25) is 0 Å². The van der Waals surface area contributed by atoms with E-state index in [1.165, 1.54) is 6.08 Å². The molecule has 0 aromatic rings. The lowest BCUT2D eigenvalue weighted by atomic mass is 10.6. The second kappa shape index (κ2) is 4.41. The Bertz CT molecular complexity index is 160. The SMILES string of the molecule is C=C(Cl)/C=C(/Cl)N=CN. The molecule has 2 N–H and O–H groups in total. The van der Waals surface area contributed by atoms with Gasteiger partial charge in [-0.2, -0.15) is 0 Å². The average Bonchev–Trinajstić information content (AvgIpc) is 1.63. The smallest absolute Gasteiger partial charge is 0.132 e. The summed E-state index contributed by atoms with van der Waals surface area (Å²) >= 11 is 10.8. The number of hydrogen-bond acceptors (Lipinski definition) is 1. The molecule has 0 amide bonds. The molecule has 0 aromatic heterocycles. The summed E-state index contributed by atoms with van der Waals surface area (Å²) in [6.07, 6.45) is 2.48. The highest BCUT2D eigenvalue weighted by Gasteiger charge is 1.84. The summed E-state index contributed by atoms with van der Waals surface area (Å²) in [6, 6.07) is 0. The van der Waals surface area contributed by atoms with Crippen LogP contribution in [0.1, 0.15) is 0 Å². The van der Waals surface area contributed by atoms with E-state index in [2.05, 4.69) is 11.6 Å². The molecule has 0 aliphatic rings. The van der Waals surface area contributed by atoms with Crippen molar-refractivity contribution in [3.8, 4) is 0 Å². The Kier molecular flexibility index (Phi) is 4.18. The van der Waals surface area contributed by atoms with E-state index in [4.69, 9.17) is 28.9 Å². The van der Waals surface area contributed by atoms with E-state index in [1.807, 2.05) is 0 Å². The summed E-state index contributed by atoms with van der Waals surface area (Å²) in [5.74, 6) is 0. The standard InChI is InChI=1S/C5H6Cl2N2/c1-4(6)2-5(7)9-3-8/h2-3H,1H2,(H2,8,9)/b5-2-. The minimum Gasteiger partial charge on any atom is -0.390 e. The molecule has 4 heteroatoms. The molecule has 2 nitrogen and oxygen atoms in total. The first kappa shape index (κ1) is 8.53. The van der Waals surface area contributed by atoms with Crippen LogP contribution in [0.2, 0.25) is 0 Å². The van der Waals surface area contributed by atoms with Gasteiger partial charge in [-0.25, -0.2) is 4.99 Å². The molecule has 0 heterocycles. The van der Waals surface area contributed by atoms with Gasteiger partial charge in [0.1, 0.15) is 5.16 Å². The fourth-order valence-corrected chi connectivity index (χ4v) is 0.585. The Morgan fingerprint density at radius 1 is 1.56 bits per heavy atom. The highest BCUT2D eigenvalue weighted by molar-refractivity contribution is 6.34. The van der Waals surface area contributed by atoms with Gasteiger partial charge in [0.15, 0.2) is 0 Å². The van der Waals surface area contributed by atoms with Crippen molar-refractivity contribution < 1.29 is 0 Å². The number of hydrogen-bond donors (Lipinski definition) is 1. The zero-order valence-corrected chi connectivity index (χ0v) is 6.15. The number of rotatable bonds is 2. The van der Waals surface area contributed by atoms with Crippen molar-refractivity contribution in [3.05, 3.63) is 22.8 Å². The van der Waals surface area contributed by atoms with Crippen molar-refractivity contribution in [2.45, 2.75) is 0 Å². The summed E-state index contributed by atoms with van der Waals surface area (Å²) in [6.45, 7) is 3.37. The third-order valence-electron chi connectivity index (χ3n) is 0.474. The second-order valence-electron chi connectivity index (χ2n) is 1.19. The molecule has 9 heavy (non-hydrogen) atoms. The highest BCUT2D eigenvalue weighted by atomic mass is 35.5. The third-order valence-corrected chi connectivity index (χ3v) is 0.789. The molecule has 0 spiro atoms. The van der Waals surface area contributed by atoms with Crippen LogP contribution in [0.25, 0.3) is 0 Å². The van der Waals surface area contributed by atoms with E-state index in [0.717, 1.165) is 6.34 Å². The lowest BCUT2D eigenvalue weighted by molar-refractivity contribution is 1.50. The molecule has 0 aliphatic carbocycles. The zero-order chi connectivity index (χ0) is 7.28.